The van der Waals surface area contributed by atoms with Gasteiger partial charge in [0.05, 0.1) is 17.1 Å². The van der Waals surface area contributed by atoms with Gasteiger partial charge in [0.1, 0.15) is 9.32 Å². The molecule has 6 nitrogen and oxygen atoms in total. The van der Waals surface area contributed by atoms with E-state index in [1.807, 2.05) is 44.2 Å². The summed E-state index contributed by atoms with van der Waals surface area (Å²) in [6, 6.07) is 9.42. The van der Waals surface area contributed by atoms with Gasteiger partial charge in [0.25, 0.3) is 11.8 Å². The number of esters is 1. The smallest absolute Gasteiger partial charge is 0.341 e. The van der Waals surface area contributed by atoms with Crippen LogP contribution in [0.5, 0.6) is 0 Å². The Labute approximate surface area is 194 Å². The van der Waals surface area contributed by atoms with Crippen LogP contribution in [0.4, 0.5) is 5.00 Å². The van der Waals surface area contributed by atoms with E-state index in [0.29, 0.717) is 25.4 Å². The van der Waals surface area contributed by atoms with E-state index in [9.17, 15) is 14.4 Å². The molecule has 1 aliphatic rings. The molecule has 1 aromatic heterocycles. The number of amides is 2. The molecule has 3 rings (SSSR count). The number of carbonyl (C=O) groups excluding carboxylic acids is 3. The number of nitrogens with one attached hydrogen (secondary N) is 1. The van der Waals surface area contributed by atoms with Crippen molar-refractivity contribution in [3.63, 3.8) is 0 Å². The van der Waals surface area contributed by atoms with Gasteiger partial charge in [0.15, 0.2) is 0 Å². The molecule has 0 spiro atoms. The lowest BCUT2D eigenvalue weighted by Gasteiger charge is -2.12. The van der Waals surface area contributed by atoms with Gasteiger partial charge in [-0.2, -0.15) is 0 Å². The summed E-state index contributed by atoms with van der Waals surface area (Å²) in [5, 5.41) is 3.27. The minimum atomic E-state index is -0.482. The fraction of sp³-hybridized carbons (Fsp3) is 0.273. The molecule has 2 amide bonds. The molecule has 0 saturated carbocycles. The van der Waals surface area contributed by atoms with Crippen LogP contribution in [0.1, 0.15) is 33.3 Å². The number of nitrogens with zero attached hydrogens (tertiary/aromatic N) is 1. The third-order valence-corrected chi connectivity index (χ3v) is 7.55. The lowest BCUT2D eigenvalue weighted by Crippen LogP contribution is -2.25. The normalized spacial score (nSPS) is 15.3. The van der Waals surface area contributed by atoms with Crippen LogP contribution in [0.15, 0.2) is 40.8 Å². The van der Waals surface area contributed by atoms with Crippen molar-refractivity contribution >= 4 is 62.4 Å². The molecule has 1 fully saturated rings. The van der Waals surface area contributed by atoms with Crippen molar-refractivity contribution in [3.05, 3.63) is 62.4 Å². The Bertz CT molecular complexity index is 1090. The first kappa shape index (κ1) is 23.2. The maximum absolute atomic E-state index is 13.4. The molecule has 0 bridgehead atoms. The molecule has 1 aromatic carbocycles. The Morgan fingerprint density at radius 2 is 1.87 bits per heavy atom. The molecule has 2 heterocycles. The Balaban J connectivity index is 2.01. The molecule has 1 saturated heterocycles. The Morgan fingerprint density at radius 1 is 1.19 bits per heavy atom. The summed E-state index contributed by atoms with van der Waals surface area (Å²) in [7, 11) is 1.59. The third-order valence-electron chi connectivity index (χ3n) is 4.83. The highest BCUT2D eigenvalue weighted by molar-refractivity contribution is 8.26. The number of ether oxygens (including phenoxy) is 1. The molecule has 162 valence electrons. The van der Waals surface area contributed by atoms with Gasteiger partial charge < -0.3 is 10.1 Å². The van der Waals surface area contributed by atoms with Crippen molar-refractivity contribution in [2.75, 3.05) is 19.0 Å². The van der Waals surface area contributed by atoms with Crippen molar-refractivity contribution in [2.24, 2.45) is 0 Å². The van der Waals surface area contributed by atoms with Crippen molar-refractivity contribution in [1.82, 2.24) is 4.90 Å². The number of aryl methyl sites for hydroxylation is 1. The standard InChI is InChI=1S/C22H22N2O4S3/c1-5-28-21(27)16-12(2)13(3)30-19(16)23-18(25)15(11-14-9-7-6-8-10-14)17-20(26)24(4)22(29)31-17/h6-10H,5,11H2,1-4H3,(H,23,25)/b17-15+. The van der Waals surface area contributed by atoms with Gasteiger partial charge in [0, 0.05) is 23.9 Å². The van der Waals surface area contributed by atoms with Gasteiger partial charge in [-0.3, -0.25) is 14.5 Å². The van der Waals surface area contributed by atoms with Crippen molar-refractivity contribution in [1.29, 1.82) is 0 Å². The molecule has 0 atom stereocenters. The third kappa shape index (κ3) is 4.89. The van der Waals surface area contributed by atoms with Crippen molar-refractivity contribution in [3.8, 4) is 0 Å². The van der Waals surface area contributed by atoms with Crippen LogP contribution in [0.3, 0.4) is 0 Å². The molecular weight excluding hydrogens is 452 g/mol. The maximum Gasteiger partial charge on any atom is 0.341 e. The summed E-state index contributed by atoms with van der Waals surface area (Å²) in [5.41, 5.74) is 2.31. The number of hydrogen-bond donors (Lipinski definition) is 1. The number of hydrogen-bond acceptors (Lipinski definition) is 7. The first-order valence-electron chi connectivity index (χ1n) is 9.60. The zero-order chi connectivity index (χ0) is 22.7. The highest BCUT2D eigenvalue weighted by Crippen LogP contribution is 2.36. The Hall–Kier alpha value is -2.49. The van der Waals surface area contributed by atoms with Crippen molar-refractivity contribution in [2.45, 2.75) is 27.2 Å². The number of rotatable bonds is 6. The fourth-order valence-electron chi connectivity index (χ4n) is 3.03. The highest BCUT2D eigenvalue weighted by atomic mass is 32.2. The van der Waals surface area contributed by atoms with E-state index >= 15 is 0 Å². The Kier molecular flexibility index (Phi) is 7.30. The van der Waals surface area contributed by atoms with Crippen LogP contribution in [0, 0.1) is 13.8 Å². The molecule has 0 aliphatic carbocycles. The molecule has 0 unspecified atom stereocenters. The largest absolute Gasteiger partial charge is 0.462 e. The Morgan fingerprint density at radius 3 is 2.45 bits per heavy atom. The van der Waals surface area contributed by atoms with E-state index in [4.69, 9.17) is 17.0 Å². The number of thiocarbonyl (C=S) groups is 1. The van der Waals surface area contributed by atoms with E-state index in [1.54, 1.807) is 14.0 Å². The fourth-order valence-corrected chi connectivity index (χ4v) is 5.31. The van der Waals surface area contributed by atoms with Gasteiger partial charge in [-0.15, -0.1) is 11.3 Å². The first-order valence-corrected chi connectivity index (χ1v) is 11.6. The van der Waals surface area contributed by atoms with Crippen LogP contribution in [0.2, 0.25) is 0 Å². The minimum Gasteiger partial charge on any atom is -0.462 e. The molecule has 1 N–H and O–H groups in total. The monoisotopic (exact) mass is 474 g/mol. The zero-order valence-electron chi connectivity index (χ0n) is 17.6. The van der Waals surface area contributed by atoms with Crippen LogP contribution in [-0.4, -0.2) is 40.7 Å². The summed E-state index contributed by atoms with van der Waals surface area (Å²) < 4.78 is 5.56. The molecule has 9 heteroatoms. The van der Waals surface area contributed by atoms with Crippen LogP contribution in [0.25, 0.3) is 0 Å². The van der Waals surface area contributed by atoms with Crippen LogP contribution in [-0.2, 0) is 20.7 Å². The van der Waals surface area contributed by atoms with Gasteiger partial charge in [-0.25, -0.2) is 4.79 Å². The van der Waals surface area contributed by atoms with Gasteiger partial charge >= 0.3 is 5.97 Å². The molecule has 0 radical (unpaired) electrons. The number of thioether (sulfide) groups is 1. The molecule has 2 aromatic rings. The number of likely N-dealkylation sites (N-methyl/N-ethyl adjacent to an activating group) is 1. The van der Waals surface area contributed by atoms with Crippen LogP contribution < -0.4 is 5.32 Å². The van der Waals surface area contributed by atoms with E-state index < -0.39 is 11.9 Å². The second-order valence-corrected chi connectivity index (χ2v) is 9.73. The quantitative estimate of drug-likeness (QED) is 0.378. The summed E-state index contributed by atoms with van der Waals surface area (Å²) in [5.74, 6) is -1.23. The average molecular weight is 475 g/mol. The second-order valence-electron chi connectivity index (χ2n) is 6.86. The molecular formula is C22H22N2O4S3. The lowest BCUT2D eigenvalue weighted by atomic mass is 10.0. The van der Waals surface area contributed by atoms with Crippen LogP contribution >= 0.6 is 35.3 Å². The van der Waals surface area contributed by atoms with Crippen molar-refractivity contribution < 1.29 is 19.1 Å². The predicted octanol–water partition coefficient (Wildman–Crippen LogP) is 4.47. The number of anilines is 1. The van der Waals surface area contributed by atoms with Gasteiger partial charge in [-0.05, 0) is 31.9 Å². The number of thiophene rings is 1. The van der Waals surface area contributed by atoms with Gasteiger partial charge in [0.2, 0.25) is 0 Å². The first-order chi connectivity index (χ1) is 14.7. The number of carbonyl (C=O) groups is 3. The molecule has 1 aliphatic heterocycles. The summed E-state index contributed by atoms with van der Waals surface area (Å²) in [4.78, 5) is 41.1. The summed E-state index contributed by atoms with van der Waals surface area (Å²) in [6.07, 6.45) is 0.259. The topological polar surface area (TPSA) is 75.7 Å². The number of benzene rings is 1. The SMILES string of the molecule is CCOC(=O)c1c(NC(=O)/C(Cc2ccccc2)=C2/SC(=S)N(C)C2=O)sc(C)c1C. The van der Waals surface area contributed by atoms with E-state index in [1.165, 1.54) is 16.2 Å². The van der Waals surface area contributed by atoms with E-state index in [0.717, 1.165) is 27.8 Å². The zero-order valence-corrected chi connectivity index (χ0v) is 20.1. The van der Waals surface area contributed by atoms with Gasteiger partial charge in [-0.1, -0.05) is 54.3 Å². The molecule has 31 heavy (non-hydrogen) atoms. The lowest BCUT2D eigenvalue weighted by molar-refractivity contribution is -0.122. The predicted molar refractivity (Wildman–Crippen MR) is 129 cm³/mol. The van der Waals surface area contributed by atoms with E-state index in [-0.39, 0.29) is 18.9 Å². The second kappa shape index (κ2) is 9.76. The highest BCUT2D eigenvalue weighted by Gasteiger charge is 2.34. The summed E-state index contributed by atoms with van der Waals surface area (Å²) >= 11 is 7.67. The average Bonchev–Trinajstić information content (AvgIpc) is 3.16. The minimum absolute atomic E-state index is 0.235. The summed E-state index contributed by atoms with van der Waals surface area (Å²) in [6.45, 7) is 5.67. The maximum atomic E-state index is 13.4. The van der Waals surface area contributed by atoms with E-state index in [2.05, 4.69) is 5.32 Å².